The van der Waals surface area contributed by atoms with Crippen molar-refractivity contribution < 1.29 is 5.11 Å². The first-order valence-corrected chi connectivity index (χ1v) is 7.74. The molecule has 1 atom stereocenters. The summed E-state index contributed by atoms with van der Waals surface area (Å²) in [4.78, 5) is 2.35. The lowest BCUT2D eigenvalue weighted by Gasteiger charge is -2.26. The molecule has 0 aliphatic heterocycles. The third kappa shape index (κ3) is 3.80. The third-order valence-corrected chi connectivity index (χ3v) is 4.51. The average molecular weight is 261 g/mol. The molecule has 1 aromatic carbocycles. The van der Waals surface area contributed by atoms with Gasteiger partial charge in [-0.3, -0.25) is 0 Å². The van der Waals surface area contributed by atoms with E-state index in [-0.39, 0.29) is 6.10 Å². The van der Waals surface area contributed by atoms with Crippen molar-refractivity contribution in [3.8, 4) is 0 Å². The quantitative estimate of drug-likeness (QED) is 0.808. The molecule has 0 heterocycles. The molecule has 2 heteroatoms. The number of hydrogen-bond donors (Lipinski definition) is 1. The Kier molecular flexibility index (Phi) is 5.41. The molecule has 0 spiro atoms. The molecule has 1 aromatic rings. The molecule has 1 aliphatic rings. The summed E-state index contributed by atoms with van der Waals surface area (Å²) < 4.78 is 0. The van der Waals surface area contributed by atoms with E-state index in [1.807, 2.05) is 0 Å². The maximum atomic E-state index is 10.2. The van der Waals surface area contributed by atoms with E-state index in [1.54, 1.807) is 0 Å². The number of rotatable bonds is 7. The first kappa shape index (κ1) is 14.5. The van der Waals surface area contributed by atoms with Gasteiger partial charge in [-0.2, -0.15) is 0 Å². The van der Waals surface area contributed by atoms with Crippen LogP contribution in [0.5, 0.6) is 0 Å². The lowest BCUT2D eigenvalue weighted by molar-refractivity contribution is 0.145. The van der Waals surface area contributed by atoms with Gasteiger partial charge in [-0.25, -0.2) is 0 Å². The second-order valence-corrected chi connectivity index (χ2v) is 5.63. The molecule has 19 heavy (non-hydrogen) atoms. The zero-order chi connectivity index (χ0) is 13.7. The van der Waals surface area contributed by atoms with Crippen molar-refractivity contribution in [1.82, 2.24) is 4.90 Å². The van der Waals surface area contributed by atoms with Crippen molar-refractivity contribution in [2.75, 3.05) is 19.6 Å². The van der Waals surface area contributed by atoms with Crippen LogP contribution in [0.25, 0.3) is 0 Å². The summed E-state index contributed by atoms with van der Waals surface area (Å²) in [5.41, 5.74) is 2.51. The Bertz CT molecular complexity index is 365. The highest BCUT2D eigenvalue weighted by molar-refractivity contribution is 5.27. The van der Waals surface area contributed by atoms with Crippen LogP contribution in [0.4, 0.5) is 0 Å². The van der Waals surface area contributed by atoms with E-state index in [4.69, 9.17) is 0 Å². The van der Waals surface area contributed by atoms with E-state index < -0.39 is 0 Å². The van der Waals surface area contributed by atoms with Gasteiger partial charge in [0.15, 0.2) is 0 Å². The van der Waals surface area contributed by atoms with Gasteiger partial charge in [0.05, 0.1) is 6.10 Å². The Hall–Kier alpha value is -0.860. The van der Waals surface area contributed by atoms with Gasteiger partial charge >= 0.3 is 0 Å². The van der Waals surface area contributed by atoms with Gasteiger partial charge in [0.2, 0.25) is 0 Å². The largest absolute Gasteiger partial charge is 0.388 e. The van der Waals surface area contributed by atoms with Crippen molar-refractivity contribution in [3.05, 3.63) is 35.4 Å². The second-order valence-electron chi connectivity index (χ2n) is 5.63. The molecule has 0 aromatic heterocycles. The minimum atomic E-state index is -0.323. The van der Waals surface area contributed by atoms with Crippen LogP contribution in [0.15, 0.2) is 24.3 Å². The van der Waals surface area contributed by atoms with Crippen LogP contribution >= 0.6 is 0 Å². The van der Waals surface area contributed by atoms with E-state index in [0.717, 1.165) is 37.5 Å². The Morgan fingerprint density at radius 1 is 1.16 bits per heavy atom. The van der Waals surface area contributed by atoms with Crippen LogP contribution in [0.3, 0.4) is 0 Å². The zero-order valence-corrected chi connectivity index (χ0v) is 12.3. The topological polar surface area (TPSA) is 23.5 Å². The van der Waals surface area contributed by atoms with E-state index in [9.17, 15) is 5.11 Å². The summed E-state index contributed by atoms with van der Waals surface area (Å²) in [6.45, 7) is 7.43. The summed E-state index contributed by atoms with van der Waals surface area (Å²) in [5, 5.41) is 10.2. The molecule has 1 saturated carbocycles. The zero-order valence-electron chi connectivity index (χ0n) is 12.3. The van der Waals surface area contributed by atoms with E-state index in [2.05, 4.69) is 43.0 Å². The van der Waals surface area contributed by atoms with Crippen molar-refractivity contribution >= 4 is 0 Å². The molecule has 1 unspecified atom stereocenters. The minimum absolute atomic E-state index is 0.323. The van der Waals surface area contributed by atoms with Gasteiger partial charge in [-0.15, -0.1) is 0 Å². The van der Waals surface area contributed by atoms with Gasteiger partial charge in [0, 0.05) is 6.54 Å². The third-order valence-electron chi connectivity index (χ3n) is 4.51. The lowest BCUT2D eigenvalue weighted by atomic mass is 9.80. The molecule has 0 saturated heterocycles. The van der Waals surface area contributed by atoms with Crippen molar-refractivity contribution in [2.24, 2.45) is 0 Å². The number of aliphatic hydroxyl groups excluding tert-OH is 1. The molecule has 106 valence electrons. The predicted molar refractivity (Wildman–Crippen MR) is 80.4 cm³/mol. The molecule has 2 nitrogen and oxygen atoms in total. The molecule has 2 rings (SSSR count). The maximum Gasteiger partial charge on any atom is 0.0802 e. The second kappa shape index (κ2) is 7.06. The monoisotopic (exact) mass is 261 g/mol. The summed E-state index contributed by atoms with van der Waals surface area (Å²) >= 11 is 0. The summed E-state index contributed by atoms with van der Waals surface area (Å²) in [5.74, 6) is 0.780. The average Bonchev–Trinajstić information content (AvgIpc) is 2.38. The molecule has 1 aliphatic carbocycles. The molecular formula is C17H27NO. The fourth-order valence-corrected chi connectivity index (χ4v) is 2.74. The highest BCUT2D eigenvalue weighted by atomic mass is 16.3. The Morgan fingerprint density at radius 2 is 1.79 bits per heavy atom. The molecule has 0 amide bonds. The van der Waals surface area contributed by atoms with E-state index in [1.165, 1.54) is 24.8 Å². The van der Waals surface area contributed by atoms with Crippen LogP contribution < -0.4 is 0 Å². The standard InChI is InChI=1S/C17H27NO/c1-3-18(4-2)13-12-17(19)16-10-8-15(9-11-16)14-6-5-7-14/h8-11,14,17,19H,3-7,12-13H2,1-2H3. The van der Waals surface area contributed by atoms with Gasteiger partial charge in [0.1, 0.15) is 0 Å². The van der Waals surface area contributed by atoms with Crippen LogP contribution in [0, 0.1) is 0 Å². The number of benzene rings is 1. The van der Waals surface area contributed by atoms with Crippen LogP contribution in [0.1, 0.15) is 62.7 Å². The van der Waals surface area contributed by atoms with E-state index in [0.29, 0.717) is 0 Å². The smallest absolute Gasteiger partial charge is 0.0802 e. The number of nitrogens with zero attached hydrogens (tertiary/aromatic N) is 1. The minimum Gasteiger partial charge on any atom is -0.388 e. The maximum absolute atomic E-state index is 10.2. The van der Waals surface area contributed by atoms with Gasteiger partial charge in [0.25, 0.3) is 0 Å². The normalized spacial score (nSPS) is 17.5. The number of aliphatic hydroxyl groups is 1. The molecular weight excluding hydrogens is 234 g/mol. The van der Waals surface area contributed by atoms with Crippen molar-refractivity contribution in [3.63, 3.8) is 0 Å². The van der Waals surface area contributed by atoms with Gasteiger partial charge in [-0.05, 0) is 49.4 Å². The predicted octanol–water partition coefficient (Wildman–Crippen LogP) is 3.72. The Labute approximate surface area is 117 Å². The van der Waals surface area contributed by atoms with Crippen molar-refractivity contribution in [1.29, 1.82) is 0 Å². The van der Waals surface area contributed by atoms with E-state index >= 15 is 0 Å². The summed E-state index contributed by atoms with van der Waals surface area (Å²) in [6, 6.07) is 8.64. The van der Waals surface area contributed by atoms with Crippen LogP contribution in [0.2, 0.25) is 0 Å². The van der Waals surface area contributed by atoms with Crippen molar-refractivity contribution in [2.45, 2.75) is 51.6 Å². The highest BCUT2D eigenvalue weighted by Gasteiger charge is 2.19. The fraction of sp³-hybridized carbons (Fsp3) is 0.647. The van der Waals surface area contributed by atoms with Gasteiger partial charge in [-0.1, -0.05) is 44.5 Å². The lowest BCUT2D eigenvalue weighted by Crippen LogP contribution is -2.25. The summed E-state index contributed by atoms with van der Waals surface area (Å²) in [7, 11) is 0. The first-order valence-electron chi connectivity index (χ1n) is 7.74. The molecule has 0 bridgehead atoms. The molecule has 1 fully saturated rings. The molecule has 1 N–H and O–H groups in total. The Balaban J connectivity index is 1.86. The highest BCUT2D eigenvalue weighted by Crippen LogP contribution is 2.36. The SMILES string of the molecule is CCN(CC)CCC(O)c1ccc(C2CCC2)cc1. The first-order chi connectivity index (χ1) is 9.24. The van der Waals surface area contributed by atoms with Gasteiger partial charge < -0.3 is 10.0 Å². The Morgan fingerprint density at radius 3 is 2.26 bits per heavy atom. The van der Waals surface area contributed by atoms with Crippen LogP contribution in [-0.4, -0.2) is 29.6 Å². The fourth-order valence-electron chi connectivity index (χ4n) is 2.74. The molecule has 0 radical (unpaired) electrons. The van der Waals surface area contributed by atoms with Crippen LogP contribution in [-0.2, 0) is 0 Å². The summed E-state index contributed by atoms with van der Waals surface area (Å²) in [6.07, 6.45) is 4.55. The number of hydrogen-bond acceptors (Lipinski definition) is 2.